The Hall–Kier alpha value is -2.23. The molecule has 1 heterocycles. The molecule has 4 heteroatoms. The molecule has 1 amide bonds. The highest BCUT2D eigenvalue weighted by atomic mass is 16.5. The molecule has 0 saturated carbocycles. The molecule has 0 unspecified atom stereocenters. The van der Waals surface area contributed by atoms with E-state index in [9.17, 15) is 4.79 Å². The van der Waals surface area contributed by atoms with Gasteiger partial charge >= 0.3 is 0 Å². The van der Waals surface area contributed by atoms with Crippen LogP contribution in [-0.4, -0.2) is 12.5 Å². The van der Waals surface area contributed by atoms with Gasteiger partial charge in [-0.2, -0.15) is 0 Å². The molecule has 1 atom stereocenters. The van der Waals surface area contributed by atoms with Gasteiger partial charge in [-0.25, -0.2) is 0 Å². The lowest BCUT2D eigenvalue weighted by molar-refractivity contribution is -0.123. The minimum atomic E-state index is -0.170. The number of carbonyl (C=O) groups excluding carboxylic acids is 1. The summed E-state index contributed by atoms with van der Waals surface area (Å²) in [5, 5.41) is 2.83. The Balaban J connectivity index is 1.89. The van der Waals surface area contributed by atoms with Gasteiger partial charge in [0.2, 0.25) is 0 Å². The number of benzene rings is 1. The molecular formula is C16H19NO3. The van der Waals surface area contributed by atoms with E-state index in [4.69, 9.17) is 9.15 Å². The van der Waals surface area contributed by atoms with Gasteiger partial charge in [-0.3, -0.25) is 4.79 Å². The Morgan fingerprint density at radius 1 is 1.25 bits per heavy atom. The molecule has 2 aromatic rings. The van der Waals surface area contributed by atoms with Crippen LogP contribution in [0.3, 0.4) is 0 Å². The summed E-state index contributed by atoms with van der Waals surface area (Å²) in [5.41, 5.74) is 2.05. The zero-order chi connectivity index (χ0) is 14.5. The summed E-state index contributed by atoms with van der Waals surface area (Å²) in [4.78, 5) is 11.9. The third-order valence-electron chi connectivity index (χ3n) is 3.10. The first-order valence-corrected chi connectivity index (χ1v) is 6.59. The molecule has 106 valence electrons. The second-order valence-electron chi connectivity index (χ2n) is 4.81. The molecule has 0 aliphatic rings. The smallest absolute Gasteiger partial charge is 0.258 e. The largest absolute Gasteiger partial charge is 0.483 e. The van der Waals surface area contributed by atoms with E-state index in [1.54, 1.807) is 12.3 Å². The number of hydrogen-bond acceptors (Lipinski definition) is 3. The minimum absolute atomic E-state index is 0.00323. The summed E-state index contributed by atoms with van der Waals surface area (Å²) < 4.78 is 10.8. The molecule has 1 N–H and O–H groups in total. The van der Waals surface area contributed by atoms with E-state index in [1.165, 1.54) is 0 Å². The number of hydrogen-bond donors (Lipinski definition) is 1. The fourth-order valence-electron chi connectivity index (χ4n) is 2.06. The van der Waals surface area contributed by atoms with Crippen molar-refractivity contribution < 1.29 is 13.9 Å². The molecule has 20 heavy (non-hydrogen) atoms. The van der Waals surface area contributed by atoms with Gasteiger partial charge in [0.15, 0.2) is 6.61 Å². The van der Waals surface area contributed by atoms with E-state index in [-0.39, 0.29) is 18.6 Å². The number of ether oxygens (including phenoxy) is 1. The van der Waals surface area contributed by atoms with Crippen molar-refractivity contribution in [2.75, 3.05) is 6.61 Å². The standard InChI is InChI=1S/C16H19NO3/c1-11-6-4-7-12(2)16(11)20-10-15(18)17-13(3)14-8-5-9-19-14/h4-9,13H,10H2,1-3H3,(H,17,18)/t13-/m1/s1. The summed E-state index contributed by atoms with van der Waals surface area (Å²) in [7, 11) is 0. The topological polar surface area (TPSA) is 51.5 Å². The normalized spacial score (nSPS) is 11.9. The zero-order valence-corrected chi connectivity index (χ0v) is 12.0. The molecule has 0 spiro atoms. The van der Waals surface area contributed by atoms with Crippen LogP contribution < -0.4 is 10.1 Å². The van der Waals surface area contributed by atoms with Gasteiger partial charge < -0.3 is 14.5 Å². The van der Waals surface area contributed by atoms with Crippen LogP contribution in [0.1, 0.15) is 29.9 Å². The van der Waals surface area contributed by atoms with E-state index in [2.05, 4.69) is 5.32 Å². The summed E-state index contributed by atoms with van der Waals surface area (Å²) >= 11 is 0. The number of aryl methyl sites for hydroxylation is 2. The van der Waals surface area contributed by atoms with Gasteiger partial charge in [0.05, 0.1) is 12.3 Å². The molecule has 1 aromatic carbocycles. The average molecular weight is 273 g/mol. The average Bonchev–Trinajstić information content (AvgIpc) is 2.92. The van der Waals surface area contributed by atoms with Gasteiger partial charge in [-0.15, -0.1) is 0 Å². The van der Waals surface area contributed by atoms with Crippen LogP contribution in [0.2, 0.25) is 0 Å². The van der Waals surface area contributed by atoms with Crippen molar-refractivity contribution in [3.8, 4) is 5.75 Å². The van der Waals surface area contributed by atoms with Crippen LogP contribution in [0.15, 0.2) is 41.0 Å². The van der Waals surface area contributed by atoms with Crippen LogP contribution in [0.4, 0.5) is 0 Å². The number of nitrogens with one attached hydrogen (secondary N) is 1. The molecule has 0 radical (unpaired) electrons. The van der Waals surface area contributed by atoms with Gasteiger partial charge in [-0.1, -0.05) is 18.2 Å². The Bertz CT molecular complexity index is 555. The predicted octanol–water partition coefficient (Wildman–Crippen LogP) is 3.15. The van der Waals surface area contributed by atoms with Crippen LogP contribution in [-0.2, 0) is 4.79 Å². The SMILES string of the molecule is Cc1cccc(C)c1OCC(=O)N[C@H](C)c1ccco1. The van der Waals surface area contributed by atoms with Crippen LogP contribution >= 0.6 is 0 Å². The molecule has 0 fully saturated rings. The van der Waals surface area contributed by atoms with Crippen molar-refractivity contribution in [3.05, 3.63) is 53.5 Å². The molecule has 4 nitrogen and oxygen atoms in total. The number of rotatable bonds is 5. The van der Waals surface area contributed by atoms with Crippen molar-refractivity contribution in [3.63, 3.8) is 0 Å². The van der Waals surface area contributed by atoms with Gasteiger partial charge in [-0.05, 0) is 44.0 Å². The maximum atomic E-state index is 11.9. The Morgan fingerprint density at radius 2 is 1.95 bits per heavy atom. The minimum Gasteiger partial charge on any atom is -0.483 e. The van der Waals surface area contributed by atoms with Gasteiger partial charge in [0.1, 0.15) is 11.5 Å². The number of amides is 1. The Labute approximate surface area is 118 Å². The second kappa shape index (κ2) is 6.28. The molecule has 0 aliphatic carbocycles. The third kappa shape index (κ3) is 3.41. The van der Waals surface area contributed by atoms with Crippen molar-refractivity contribution in [2.24, 2.45) is 0 Å². The molecule has 0 saturated heterocycles. The van der Waals surface area contributed by atoms with E-state index < -0.39 is 0 Å². The third-order valence-corrected chi connectivity index (χ3v) is 3.10. The molecule has 0 bridgehead atoms. The highest BCUT2D eigenvalue weighted by molar-refractivity contribution is 5.78. The summed E-state index contributed by atoms with van der Waals surface area (Å²) in [6.45, 7) is 5.80. The monoisotopic (exact) mass is 273 g/mol. The molecule has 0 aliphatic heterocycles. The van der Waals surface area contributed by atoms with Gasteiger partial charge in [0, 0.05) is 0 Å². The van der Waals surface area contributed by atoms with Crippen molar-refractivity contribution in [1.82, 2.24) is 5.32 Å². The molecule has 1 aromatic heterocycles. The van der Waals surface area contributed by atoms with E-state index >= 15 is 0 Å². The van der Waals surface area contributed by atoms with Crippen LogP contribution in [0.25, 0.3) is 0 Å². The number of para-hydroxylation sites is 1. The molecule has 2 rings (SSSR count). The summed E-state index contributed by atoms with van der Waals surface area (Å²) in [5.74, 6) is 1.33. The second-order valence-corrected chi connectivity index (χ2v) is 4.81. The number of carbonyl (C=O) groups is 1. The first kappa shape index (κ1) is 14.2. The lowest BCUT2D eigenvalue weighted by atomic mass is 10.1. The summed E-state index contributed by atoms with van der Waals surface area (Å²) in [6, 6.07) is 9.36. The lowest BCUT2D eigenvalue weighted by Gasteiger charge is -2.14. The first-order valence-electron chi connectivity index (χ1n) is 6.59. The van der Waals surface area contributed by atoms with Crippen LogP contribution in [0.5, 0.6) is 5.75 Å². The highest BCUT2D eigenvalue weighted by Crippen LogP contribution is 2.22. The van der Waals surface area contributed by atoms with Crippen molar-refractivity contribution >= 4 is 5.91 Å². The van der Waals surface area contributed by atoms with Gasteiger partial charge in [0.25, 0.3) is 5.91 Å². The maximum absolute atomic E-state index is 11.9. The Morgan fingerprint density at radius 3 is 2.55 bits per heavy atom. The lowest BCUT2D eigenvalue weighted by Crippen LogP contribution is -2.31. The predicted molar refractivity (Wildman–Crippen MR) is 76.7 cm³/mol. The highest BCUT2D eigenvalue weighted by Gasteiger charge is 2.13. The number of furan rings is 1. The zero-order valence-electron chi connectivity index (χ0n) is 12.0. The van der Waals surface area contributed by atoms with E-state index in [0.29, 0.717) is 0 Å². The van der Waals surface area contributed by atoms with Crippen molar-refractivity contribution in [2.45, 2.75) is 26.8 Å². The maximum Gasteiger partial charge on any atom is 0.258 e. The van der Waals surface area contributed by atoms with E-state index in [1.807, 2.05) is 45.0 Å². The fraction of sp³-hybridized carbons (Fsp3) is 0.312. The summed E-state index contributed by atoms with van der Waals surface area (Å²) in [6.07, 6.45) is 1.59. The fourth-order valence-corrected chi connectivity index (χ4v) is 2.06. The van der Waals surface area contributed by atoms with E-state index in [0.717, 1.165) is 22.6 Å². The van der Waals surface area contributed by atoms with Crippen molar-refractivity contribution in [1.29, 1.82) is 0 Å². The van der Waals surface area contributed by atoms with Crippen LogP contribution in [0, 0.1) is 13.8 Å². The quantitative estimate of drug-likeness (QED) is 0.910. The Kier molecular flexibility index (Phi) is 4.45. The molecular weight excluding hydrogens is 254 g/mol. The first-order chi connectivity index (χ1) is 9.58.